The van der Waals surface area contributed by atoms with E-state index in [1.165, 1.54) is 16.9 Å². The van der Waals surface area contributed by atoms with E-state index in [0.717, 1.165) is 23.1 Å². The highest BCUT2D eigenvalue weighted by Crippen LogP contribution is 2.31. The lowest BCUT2D eigenvalue weighted by atomic mass is 10.1. The number of rotatable bonds is 6. The normalized spacial score (nSPS) is 10.5. The Morgan fingerprint density at radius 2 is 2.00 bits per heavy atom. The zero-order valence-corrected chi connectivity index (χ0v) is 14.2. The molecule has 3 rings (SSSR count). The van der Waals surface area contributed by atoms with Gasteiger partial charge in [-0.15, -0.1) is 0 Å². The fourth-order valence-corrected chi connectivity index (χ4v) is 3.30. The standard InChI is InChI=1S/C18H19N3O2S/c1-23-14-10-5-11-15-16(14)20-18(24-15)21-17(22)19-12-6-9-13-7-3-2-4-8-13/h2-5,7-8,10-11H,6,9,12H2,1H3,(H2,19,20,21,22). The third-order valence-electron chi connectivity index (χ3n) is 3.59. The Labute approximate surface area is 144 Å². The smallest absolute Gasteiger partial charge is 0.321 e. The number of thiazole rings is 1. The van der Waals surface area contributed by atoms with Crippen LogP contribution >= 0.6 is 11.3 Å². The predicted molar refractivity (Wildman–Crippen MR) is 98.0 cm³/mol. The number of hydrogen-bond donors (Lipinski definition) is 2. The molecule has 6 heteroatoms. The van der Waals surface area contributed by atoms with Gasteiger partial charge in [0.15, 0.2) is 5.13 Å². The summed E-state index contributed by atoms with van der Waals surface area (Å²) in [5, 5.41) is 6.21. The van der Waals surface area contributed by atoms with E-state index in [1.807, 2.05) is 36.4 Å². The number of urea groups is 1. The van der Waals surface area contributed by atoms with E-state index in [1.54, 1.807) is 7.11 Å². The largest absolute Gasteiger partial charge is 0.494 e. The van der Waals surface area contributed by atoms with Crippen molar-refractivity contribution in [2.24, 2.45) is 0 Å². The third kappa shape index (κ3) is 4.02. The first-order valence-corrected chi connectivity index (χ1v) is 8.60. The van der Waals surface area contributed by atoms with Gasteiger partial charge in [0.2, 0.25) is 0 Å². The Bertz CT molecular complexity index is 818. The van der Waals surface area contributed by atoms with Gasteiger partial charge >= 0.3 is 6.03 Å². The molecule has 0 atom stereocenters. The number of aryl methyl sites for hydroxylation is 1. The first-order chi connectivity index (χ1) is 11.8. The fourth-order valence-electron chi connectivity index (χ4n) is 2.42. The van der Waals surface area contributed by atoms with Crippen LogP contribution in [-0.4, -0.2) is 24.7 Å². The Hall–Kier alpha value is -2.60. The van der Waals surface area contributed by atoms with Crippen molar-refractivity contribution in [2.45, 2.75) is 12.8 Å². The maximum Gasteiger partial charge on any atom is 0.321 e. The fraction of sp³-hybridized carbons (Fsp3) is 0.222. The van der Waals surface area contributed by atoms with Crippen molar-refractivity contribution in [3.8, 4) is 5.75 Å². The highest BCUT2D eigenvalue weighted by Gasteiger charge is 2.10. The molecule has 1 aromatic heterocycles. The number of aromatic nitrogens is 1. The summed E-state index contributed by atoms with van der Waals surface area (Å²) >= 11 is 1.43. The maximum atomic E-state index is 12.0. The number of benzene rings is 2. The van der Waals surface area contributed by atoms with Gasteiger partial charge in [0.25, 0.3) is 0 Å². The number of fused-ring (bicyclic) bond motifs is 1. The van der Waals surface area contributed by atoms with Crippen LogP contribution in [0.15, 0.2) is 48.5 Å². The minimum absolute atomic E-state index is 0.235. The first kappa shape index (κ1) is 16.3. The molecule has 0 aliphatic heterocycles. The molecule has 0 saturated heterocycles. The second kappa shape index (κ2) is 7.79. The van der Waals surface area contributed by atoms with Crippen LogP contribution in [0.2, 0.25) is 0 Å². The van der Waals surface area contributed by atoms with Crippen molar-refractivity contribution in [3.63, 3.8) is 0 Å². The van der Waals surface area contributed by atoms with Crippen molar-refractivity contribution in [2.75, 3.05) is 19.0 Å². The van der Waals surface area contributed by atoms with Gasteiger partial charge in [0.05, 0.1) is 11.8 Å². The number of carbonyl (C=O) groups is 1. The molecule has 0 aliphatic carbocycles. The quantitative estimate of drug-likeness (QED) is 0.665. The summed E-state index contributed by atoms with van der Waals surface area (Å²) in [6, 6.07) is 15.7. The van der Waals surface area contributed by atoms with E-state index in [0.29, 0.717) is 17.4 Å². The van der Waals surface area contributed by atoms with Gasteiger partial charge in [-0.25, -0.2) is 9.78 Å². The number of ether oxygens (including phenoxy) is 1. The van der Waals surface area contributed by atoms with Crippen LogP contribution in [0, 0.1) is 0 Å². The van der Waals surface area contributed by atoms with Crippen LogP contribution in [0.4, 0.5) is 9.93 Å². The van der Waals surface area contributed by atoms with Crippen molar-refractivity contribution in [1.29, 1.82) is 0 Å². The average molecular weight is 341 g/mol. The first-order valence-electron chi connectivity index (χ1n) is 7.78. The average Bonchev–Trinajstić information content (AvgIpc) is 3.02. The Morgan fingerprint density at radius 3 is 2.79 bits per heavy atom. The van der Waals surface area contributed by atoms with Crippen molar-refractivity contribution in [3.05, 3.63) is 54.1 Å². The van der Waals surface area contributed by atoms with E-state index < -0.39 is 0 Å². The molecule has 0 radical (unpaired) electrons. The Kier molecular flexibility index (Phi) is 5.28. The second-order valence-electron chi connectivity index (χ2n) is 5.30. The Balaban J connectivity index is 1.50. The van der Waals surface area contributed by atoms with Gasteiger partial charge in [-0.05, 0) is 30.5 Å². The molecule has 0 aliphatic rings. The summed E-state index contributed by atoms with van der Waals surface area (Å²) < 4.78 is 6.26. The van der Waals surface area contributed by atoms with Crippen LogP contribution in [0.25, 0.3) is 10.2 Å². The minimum atomic E-state index is -0.235. The van der Waals surface area contributed by atoms with Gasteiger partial charge in [-0.2, -0.15) is 0 Å². The summed E-state index contributed by atoms with van der Waals surface area (Å²) in [4.78, 5) is 16.4. The second-order valence-corrected chi connectivity index (χ2v) is 6.33. The number of nitrogens with one attached hydrogen (secondary N) is 2. The van der Waals surface area contributed by atoms with Gasteiger partial charge in [0, 0.05) is 6.54 Å². The molecular formula is C18H19N3O2S. The molecule has 2 N–H and O–H groups in total. The molecule has 24 heavy (non-hydrogen) atoms. The lowest BCUT2D eigenvalue weighted by molar-refractivity contribution is 0.252. The van der Waals surface area contributed by atoms with Crippen LogP contribution in [0.3, 0.4) is 0 Å². The van der Waals surface area contributed by atoms with E-state index >= 15 is 0 Å². The highest BCUT2D eigenvalue weighted by molar-refractivity contribution is 7.22. The highest BCUT2D eigenvalue weighted by atomic mass is 32.1. The van der Waals surface area contributed by atoms with Crippen molar-refractivity contribution < 1.29 is 9.53 Å². The molecule has 0 spiro atoms. The number of nitrogens with zero attached hydrogens (tertiary/aromatic N) is 1. The van der Waals surface area contributed by atoms with Crippen LogP contribution in [0.1, 0.15) is 12.0 Å². The van der Waals surface area contributed by atoms with Gasteiger partial charge < -0.3 is 10.1 Å². The van der Waals surface area contributed by atoms with E-state index in [4.69, 9.17) is 4.74 Å². The van der Waals surface area contributed by atoms with E-state index in [2.05, 4.69) is 27.8 Å². The molecule has 3 aromatic rings. The van der Waals surface area contributed by atoms with Gasteiger partial charge in [0.1, 0.15) is 11.3 Å². The molecule has 2 aromatic carbocycles. The lowest BCUT2D eigenvalue weighted by Crippen LogP contribution is -2.29. The van der Waals surface area contributed by atoms with Crippen molar-refractivity contribution >= 4 is 32.7 Å². The number of hydrogen-bond acceptors (Lipinski definition) is 4. The van der Waals surface area contributed by atoms with E-state index in [-0.39, 0.29) is 6.03 Å². The predicted octanol–water partition coefficient (Wildman–Crippen LogP) is 4.06. The molecule has 0 fully saturated rings. The topological polar surface area (TPSA) is 63.2 Å². The van der Waals surface area contributed by atoms with Crippen molar-refractivity contribution in [1.82, 2.24) is 10.3 Å². The van der Waals surface area contributed by atoms with E-state index in [9.17, 15) is 4.79 Å². The SMILES string of the molecule is COc1cccc2sc(NC(=O)NCCCc3ccccc3)nc12. The summed E-state index contributed by atoms with van der Waals surface area (Å²) in [7, 11) is 1.61. The Morgan fingerprint density at radius 1 is 1.17 bits per heavy atom. The zero-order chi connectivity index (χ0) is 16.8. The number of para-hydroxylation sites is 1. The molecule has 1 heterocycles. The molecular weight excluding hydrogens is 322 g/mol. The minimum Gasteiger partial charge on any atom is -0.494 e. The monoisotopic (exact) mass is 341 g/mol. The maximum absolute atomic E-state index is 12.0. The lowest BCUT2D eigenvalue weighted by Gasteiger charge is -2.05. The number of methoxy groups -OCH3 is 1. The molecule has 2 amide bonds. The molecule has 5 nitrogen and oxygen atoms in total. The molecule has 124 valence electrons. The molecule has 0 bridgehead atoms. The summed E-state index contributed by atoms with van der Waals surface area (Å²) in [6.45, 7) is 0.620. The number of carbonyl (C=O) groups excluding carboxylic acids is 1. The number of anilines is 1. The zero-order valence-electron chi connectivity index (χ0n) is 13.4. The number of amides is 2. The summed E-state index contributed by atoms with van der Waals surface area (Å²) in [6.07, 6.45) is 1.84. The summed E-state index contributed by atoms with van der Waals surface area (Å²) in [5.74, 6) is 0.708. The van der Waals surface area contributed by atoms with Gasteiger partial charge in [-0.1, -0.05) is 47.7 Å². The third-order valence-corrected chi connectivity index (χ3v) is 4.53. The summed E-state index contributed by atoms with van der Waals surface area (Å²) in [5.41, 5.74) is 2.04. The molecule has 0 unspecified atom stereocenters. The van der Waals surface area contributed by atoms with Crippen LogP contribution < -0.4 is 15.4 Å². The van der Waals surface area contributed by atoms with Gasteiger partial charge in [-0.3, -0.25) is 5.32 Å². The van der Waals surface area contributed by atoms with Crippen LogP contribution in [-0.2, 0) is 6.42 Å². The molecule has 0 saturated carbocycles. The van der Waals surface area contributed by atoms with Crippen LogP contribution in [0.5, 0.6) is 5.75 Å².